The van der Waals surface area contributed by atoms with Gasteiger partial charge in [0.25, 0.3) is 17.4 Å². The van der Waals surface area contributed by atoms with Crippen LogP contribution in [-0.2, 0) is 12.4 Å². The summed E-state index contributed by atoms with van der Waals surface area (Å²) in [4.78, 5) is 47.6. The van der Waals surface area contributed by atoms with Crippen molar-refractivity contribution in [2.75, 3.05) is 4.90 Å². The van der Waals surface area contributed by atoms with Gasteiger partial charge in [-0.2, -0.15) is 26.3 Å². The monoisotopic (exact) mass is 502 g/mol. The van der Waals surface area contributed by atoms with Gasteiger partial charge in [0.1, 0.15) is 11.5 Å². The predicted octanol–water partition coefficient (Wildman–Crippen LogP) is 4.67. The number of rotatable bonds is 1. The highest BCUT2D eigenvalue weighted by molar-refractivity contribution is 6.38. The highest BCUT2D eigenvalue weighted by atomic mass is 19.4. The molecule has 4 heterocycles. The third-order valence-corrected chi connectivity index (χ3v) is 5.99. The number of carbonyl (C=O) groups excluding carboxylic acids is 2. The molecule has 1 aliphatic heterocycles. The van der Waals surface area contributed by atoms with Crippen molar-refractivity contribution in [1.82, 2.24) is 14.4 Å². The fourth-order valence-electron chi connectivity index (χ4n) is 4.62. The molecular formula is C23H8F6N4O3. The van der Waals surface area contributed by atoms with Crippen LogP contribution in [0.25, 0.3) is 27.2 Å². The Morgan fingerprint density at radius 3 is 1.92 bits per heavy atom. The first-order chi connectivity index (χ1) is 16.9. The number of aromatic nitrogens is 3. The Morgan fingerprint density at radius 1 is 0.722 bits per heavy atom. The van der Waals surface area contributed by atoms with E-state index in [1.165, 1.54) is 18.3 Å². The second-order valence-electron chi connectivity index (χ2n) is 7.97. The molecule has 0 spiro atoms. The molecule has 36 heavy (non-hydrogen) atoms. The second kappa shape index (κ2) is 6.77. The molecule has 180 valence electrons. The molecule has 2 amide bonds. The Bertz CT molecular complexity index is 1800. The average molecular weight is 502 g/mol. The van der Waals surface area contributed by atoms with E-state index in [1.54, 1.807) is 12.1 Å². The minimum Gasteiger partial charge on any atom is -0.268 e. The molecule has 0 N–H and O–H groups in total. The fourth-order valence-corrected chi connectivity index (χ4v) is 4.62. The van der Waals surface area contributed by atoms with E-state index in [-0.39, 0.29) is 37.5 Å². The van der Waals surface area contributed by atoms with Gasteiger partial charge < -0.3 is 0 Å². The largest absolute Gasteiger partial charge is 0.435 e. The summed E-state index contributed by atoms with van der Waals surface area (Å²) in [5.41, 5.74) is -6.95. The van der Waals surface area contributed by atoms with Crippen molar-refractivity contribution in [2.24, 2.45) is 0 Å². The molecule has 0 saturated heterocycles. The maximum atomic E-state index is 13.7. The van der Waals surface area contributed by atoms with Gasteiger partial charge in [-0.3, -0.25) is 18.8 Å². The lowest BCUT2D eigenvalue weighted by Gasteiger charge is -2.27. The summed E-state index contributed by atoms with van der Waals surface area (Å²) in [5.74, 6) is -1.62. The number of fused-ring (bicyclic) bond motifs is 2. The Kier molecular flexibility index (Phi) is 4.13. The lowest BCUT2D eigenvalue weighted by Crippen LogP contribution is -2.41. The van der Waals surface area contributed by atoms with Gasteiger partial charge in [-0.25, -0.2) is 14.9 Å². The first kappa shape index (κ1) is 21.9. The number of imide groups is 1. The summed E-state index contributed by atoms with van der Waals surface area (Å²) in [6.45, 7) is 0. The Labute approximate surface area is 194 Å². The molecule has 5 aromatic rings. The number of carbonyl (C=O) groups is 2. The number of imidazole rings is 1. The van der Waals surface area contributed by atoms with Crippen LogP contribution in [0.5, 0.6) is 0 Å². The van der Waals surface area contributed by atoms with E-state index in [2.05, 4.69) is 9.97 Å². The summed E-state index contributed by atoms with van der Waals surface area (Å²) in [6, 6.07) is 9.02. The van der Waals surface area contributed by atoms with Gasteiger partial charge in [-0.05, 0) is 36.4 Å². The summed E-state index contributed by atoms with van der Waals surface area (Å²) in [7, 11) is 0. The number of benzene rings is 2. The summed E-state index contributed by atoms with van der Waals surface area (Å²) >= 11 is 0. The zero-order chi connectivity index (χ0) is 25.7. The fraction of sp³-hybridized carbons (Fsp3) is 0.0870. The highest BCUT2D eigenvalue weighted by Crippen LogP contribution is 2.43. The molecule has 0 fully saturated rings. The number of anilines is 1. The van der Waals surface area contributed by atoms with Crippen molar-refractivity contribution in [3.8, 4) is 0 Å². The second-order valence-corrected chi connectivity index (χ2v) is 7.97. The molecule has 2 aromatic carbocycles. The SMILES string of the molecule is O=C1c2ccc3c(=O)n4c(C(F)(F)F)c(C(F)(F)F)nc4c4ccc(c2c34)C(=O)N1c1ccccn1. The van der Waals surface area contributed by atoms with Crippen molar-refractivity contribution in [1.29, 1.82) is 0 Å². The molecule has 0 radical (unpaired) electrons. The van der Waals surface area contributed by atoms with Crippen LogP contribution in [0.15, 0.2) is 53.5 Å². The minimum absolute atomic E-state index is 0.0165. The van der Waals surface area contributed by atoms with Crippen LogP contribution < -0.4 is 10.5 Å². The standard InChI is InChI=1S/C23H8F6N4O3/c24-22(25,26)16-17(23(27,28)29)33-18(31-16)9-4-5-11-15-12(7-6-10(14(9)15)21(33)36)20(35)32(19(11)34)13-3-1-2-8-30-13/h1-8H. The molecule has 3 aromatic heterocycles. The number of hydrogen-bond acceptors (Lipinski definition) is 5. The van der Waals surface area contributed by atoms with E-state index in [0.29, 0.717) is 0 Å². The third-order valence-electron chi connectivity index (χ3n) is 5.99. The third kappa shape index (κ3) is 2.73. The van der Waals surface area contributed by atoms with Crippen molar-refractivity contribution >= 4 is 44.8 Å². The molecule has 13 heteroatoms. The van der Waals surface area contributed by atoms with E-state index in [1.807, 2.05) is 0 Å². The van der Waals surface area contributed by atoms with Crippen LogP contribution >= 0.6 is 0 Å². The number of pyridine rings is 2. The summed E-state index contributed by atoms with van der Waals surface area (Å²) in [5, 5.41) is -0.839. The topological polar surface area (TPSA) is 84.6 Å². The van der Waals surface area contributed by atoms with Crippen molar-refractivity contribution in [2.45, 2.75) is 12.4 Å². The smallest absolute Gasteiger partial charge is 0.268 e. The predicted molar refractivity (Wildman–Crippen MR) is 113 cm³/mol. The van der Waals surface area contributed by atoms with E-state index in [9.17, 15) is 40.7 Å². The van der Waals surface area contributed by atoms with Gasteiger partial charge >= 0.3 is 12.4 Å². The number of hydrogen-bond donors (Lipinski definition) is 0. The molecule has 0 atom stereocenters. The van der Waals surface area contributed by atoms with Crippen molar-refractivity contribution < 1.29 is 35.9 Å². The molecule has 0 bridgehead atoms. The molecule has 0 saturated carbocycles. The number of amides is 2. The Morgan fingerprint density at radius 2 is 1.36 bits per heavy atom. The molecule has 6 rings (SSSR count). The molecule has 0 aliphatic carbocycles. The van der Waals surface area contributed by atoms with Crippen LogP contribution in [0.3, 0.4) is 0 Å². The van der Waals surface area contributed by atoms with Crippen molar-refractivity contribution in [3.05, 3.63) is 81.5 Å². The van der Waals surface area contributed by atoms with Gasteiger partial charge in [0.15, 0.2) is 11.4 Å². The minimum atomic E-state index is -5.55. The summed E-state index contributed by atoms with van der Waals surface area (Å²) in [6.07, 6.45) is -9.70. The summed E-state index contributed by atoms with van der Waals surface area (Å²) < 4.78 is 81.6. The number of halogens is 6. The molecule has 7 nitrogen and oxygen atoms in total. The zero-order valence-corrected chi connectivity index (χ0v) is 17.4. The Balaban J connectivity index is 1.76. The molecular weight excluding hydrogens is 494 g/mol. The van der Waals surface area contributed by atoms with Gasteiger partial charge in [0, 0.05) is 38.9 Å². The van der Waals surface area contributed by atoms with E-state index < -0.39 is 52.1 Å². The maximum Gasteiger partial charge on any atom is 0.435 e. The lowest BCUT2D eigenvalue weighted by molar-refractivity contribution is -0.166. The first-order valence-electron chi connectivity index (χ1n) is 10.1. The van der Waals surface area contributed by atoms with Gasteiger partial charge in [0.2, 0.25) is 0 Å². The number of alkyl halides is 6. The molecule has 1 aliphatic rings. The van der Waals surface area contributed by atoms with Crippen molar-refractivity contribution in [3.63, 3.8) is 0 Å². The van der Waals surface area contributed by atoms with Gasteiger partial charge in [-0.15, -0.1) is 0 Å². The average Bonchev–Trinajstić information content (AvgIpc) is 3.24. The maximum absolute atomic E-state index is 13.7. The Hall–Kier alpha value is -4.55. The highest BCUT2D eigenvalue weighted by Gasteiger charge is 2.49. The van der Waals surface area contributed by atoms with Crippen LogP contribution in [0.4, 0.5) is 32.2 Å². The van der Waals surface area contributed by atoms with Crippen LogP contribution in [0.2, 0.25) is 0 Å². The van der Waals surface area contributed by atoms with Gasteiger partial charge in [-0.1, -0.05) is 6.07 Å². The first-order valence-corrected chi connectivity index (χ1v) is 10.1. The van der Waals surface area contributed by atoms with Crippen LogP contribution in [0.1, 0.15) is 32.1 Å². The van der Waals surface area contributed by atoms with E-state index in [0.717, 1.165) is 23.1 Å². The zero-order valence-electron chi connectivity index (χ0n) is 17.4. The van der Waals surface area contributed by atoms with Crippen LogP contribution in [-0.4, -0.2) is 26.2 Å². The normalized spacial score (nSPS) is 14.6. The quantitative estimate of drug-likeness (QED) is 0.246. The van der Waals surface area contributed by atoms with E-state index >= 15 is 0 Å². The van der Waals surface area contributed by atoms with E-state index in [4.69, 9.17) is 0 Å². The number of nitrogens with zero attached hydrogens (tertiary/aromatic N) is 4. The molecule has 0 unspecified atom stereocenters. The van der Waals surface area contributed by atoms with Crippen LogP contribution in [0, 0.1) is 0 Å². The van der Waals surface area contributed by atoms with Gasteiger partial charge in [0.05, 0.1) is 0 Å². The lowest BCUT2D eigenvalue weighted by atomic mass is 9.90.